The van der Waals surface area contributed by atoms with E-state index < -0.39 is 0 Å². The van der Waals surface area contributed by atoms with Gasteiger partial charge in [0.25, 0.3) is 0 Å². The number of benzene rings is 2. The average molecular weight is 250 g/mol. The van der Waals surface area contributed by atoms with Gasteiger partial charge in [-0.3, -0.25) is 0 Å². The Bertz CT molecular complexity index is 582. The fourth-order valence-corrected chi connectivity index (χ4v) is 2.12. The lowest BCUT2D eigenvalue weighted by Gasteiger charge is -2.21. The number of para-hydroxylation sites is 1. The first-order valence-corrected chi connectivity index (χ1v) is 6.46. The highest BCUT2D eigenvalue weighted by Gasteiger charge is 2.15. The summed E-state index contributed by atoms with van der Waals surface area (Å²) in [5.41, 5.74) is 4.26. The summed E-state index contributed by atoms with van der Waals surface area (Å²) < 4.78 is 5.42. The zero-order valence-electron chi connectivity index (χ0n) is 12.0. The summed E-state index contributed by atoms with van der Waals surface area (Å²) in [5.74, 6) is 0.868. The molecule has 19 heavy (non-hydrogen) atoms. The Labute approximate surface area is 117 Å². The second-order valence-corrected chi connectivity index (χ2v) is 5.79. The SMILES string of the molecule is [B]c1cc(-c2ccccc2OC)cc(C(C)(C)C)c1. The van der Waals surface area contributed by atoms with E-state index in [1.807, 2.05) is 30.3 Å². The largest absolute Gasteiger partial charge is 0.496 e. The lowest BCUT2D eigenvalue weighted by molar-refractivity contribution is 0.416. The van der Waals surface area contributed by atoms with Crippen LogP contribution in [0.4, 0.5) is 0 Å². The third kappa shape index (κ3) is 3.01. The van der Waals surface area contributed by atoms with E-state index in [1.165, 1.54) is 5.56 Å². The molecular weight excluding hydrogens is 231 g/mol. The van der Waals surface area contributed by atoms with Gasteiger partial charge in [-0.25, -0.2) is 0 Å². The maximum absolute atomic E-state index is 6.04. The van der Waals surface area contributed by atoms with Crippen LogP contribution in [0.15, 0.2) is 42.5 Å². The molecule has 0 aromatic heterocycles. The molecule has 0 unspecified atom stereocenters. The first kappa shape index (κ1) is 13.7. The Morgan fingerprint density at radius 2 is 1.68 bits per heavy atom. The van der Waals surface area contributed by atoms with Crippen LogP contribution in [0, 0.1) is 0 Å². The average Bonchev–Trinajstić information content (AvgIpc) is 2.37. The van der Waals surface area contributed by atoms with Crippen LogP contribution < -0.4 is 10.2 Å². The number of methoxy groups -OCH3 is 1. The molecule has 2 aromatic rings. The Hall–Kier alpha value is -1.70. The number of hydrogen-bond acceptors (Lipinski definition) is 1. The van der Waals surface area contributed by atoms with Crippen molar-refractivity contribution in [2.75, 3.05) is 7.11 Å². The summed E-state index contributed by atoms with van der Waals surface area (Å²) in [6, 6.07) is 14.2. The van der Waals surface area contributed by atoms with Crippen LogP contribution in [0.3, 0.4) is 0 Å². The standard InChI is InChI=1S/C17H19BO/c1-17(2,3)13-9-12(10-14(18)11-13)15-7-5-6-8-16(15)19-4/h5-11H,1-4H3. The summed E-state index contributed by atoms with van der Waals surface area (Å²) in [5, 5.41) is 0. The maximum atomic E-state index is 6.04. The van der Waals surface area contributed by atoms with Crippen LogP contribution >= 0.6 is 0 Å². The predicted molar refractivity (Wildman–Crippen MR) is 82.5 cm³/mol. The van der Waals surface area contributed by atoms with Crippen LogP contribution in [0.1, 0.15) is 26.3 Å². The summed E-state index contributed by atoms with van der Waals surface area (Å²) in [6.07, 6.45) is 0. The minimum absolute atomic E-state index is 0.0755. The normalized spacial score (nSPS) is 11.4. The molecule has 0 saturated carbocycles. The van der Waals surface area contributed by atoms with Crippen molar-refractivity contribution in [3.63, 3.8) is 0 Å². The molecule has 2 radical (unpaired) electrons. The lowest BCUT2D eigenvalue weighted by atomic mass is 9.81. The molecule has 0 bridgehead atoms. The van der Waals surface area contributed by atoms with Crippen molar-refractivity contribution in [1.82, 2.24) is 0 Å². The van der Waals surface area contributed by atoms with E-state index in [2.05, 4.69) is 32.9 Å². The second kappa shape index (κ2) is 5.12. The molecule has 0 saturated heterocycles. The van der Waals surface area contributed by atoms with Gasteiger partial charge in [0.1, 0.15) is 13.6 Å². The van der Waals surface area contributed by atoms with Gasteiger partial charge in [-0.15, -0.1) is 0 Å². The van der Waals surface area contributed by atoms with Crippen molar-refractivity contribution in [2.45, 2.75) is 26.2 Å². The molecule has 0 spiro atoms. The molecular formula is C17H19BO. The topological polar surface area (TPSA) is 9.23 Å². The smallest absolute Gasteiger partial charge is 0.126 e. The Kier molecular flexibility index (Phi) is 3.70. The van der Waals surface area contributed by atoms with Crippen molar-refractivity contribution < 1.29 is 4.74 Å². The van der Waals surface area contributed by atoms with Gasteiger partial charge in [0.2, 0.25) is 0 Å². The molecule has 0 aliphatic rings. The van der Waals surface area contributed by atoms with E-state index in [-0.39, 0.29) is 5.41 Å². The van der Waals surface area contributed by atoms with Gasteiger partial charge < -0.3 is 4.74 Å². The molecule has 0 atom stereocenters. The summed E-state index contributed by atoms with van der Waals surface area (Å²) in [6.45, 7) is 6.56. The molecule has 0 amide bonds. The highest BCUT2D eigenvalue weighted by molar-refractivity contribution is 6.32. The first-order chi connectivity index (χ1) is 8.91. The van der Waals surface area contributed by atoms with Gasteiger partial charge in [-0.1, -0.05) is 62.6 Å². The molecule has 2 heteroatoms. The molecule has 0 aliphatic heterocycles. The van der Waals surface area contributed by atoms with E-state index in [0.29, 0.717) is 0 Å². The van der Waals surface area contributed by atoms with E-state index in [9.17, 15) is 0 Å². The maximum Gasteiger partial charge on any atom is 0.126 e. The summed E-state index contributed by atoms with van der Waals surface area (Å²) in [4.78, 5) is 0. The van der Waals surface area contributed by atoms with E-state index in [4.69, 9.17) is 12.6 Å². The minimum Gasteiger partial charge on any atom is -0.496 e. The van der Waals surface area contributed by atoms with Crippen LogP contribution in [0.2, 0.25) is 0 Å². The van der Waals surface area contributed by atoms with E-state index >= 15 is 0 Å². The fourth-order valence-electron chi connectivity index (χ4n) is 2.12. The number of rotatable bonds is 2. The van der Waals surface area contributed by atoms with Crippen LogP contribution in [-0.2, 0) is 5.41 Å². The third-order valence-corrected chi connectivity index (χ3v) is 3.24. The quantitative estimate of drug-likeness (QED) is 0.742. The predicted octanol–water partition coefficient (Wildman–Crippen LogP) is 3.45. The Morgan fingerprint density at radius 1 is 1.00 bits per heavy atom. The van der Waals surface area contributed by atoms with Crippen LogP contribution in [0.5, 0.6) is 5.75 Å². The number of hydrogen-bond donors (Lipinski definition) is 0. The third-order valence-electron chi connectivity index (χ3n) is 3.24. The summed E-state index contributed by atoms with van der Waals surface area (Å²) in [7, 11) is 7.73. The fraction of sp³-hybridized carbons (Fsp3) is 0.294. The molecule has 0 fully saturated rings. The minimum atomic E-state index is 0.0755. The van der Waals surface area contributed by atoms with Gasteiger partial charge in [-0.05, 0) is 22.6 Å². The van der Waals surface area contributed by atoms with E-state index in [0.717, 1.165) is 22.3 Å². The van der Waals surface area contributed by atoms with Gasteiger partial charge >= 0.3 is 0 Å². The molecule has 0 aliphatic carbocycles. The van der Waals surface area contributed by atoms with Crippen molar-refractivity contribution >= 4 is 13.3 Å². The van der Waals surface area contributed by atoms with Crippen molar-refractivity contribution in [1.29, 1.82) is 0 Å². The number of ether oxygens (including phenoxy) is 1. The Balaban J connectivity index is 2.60. The van der Waals surface area contributed by atoms with Gasteiger partial charge in [-0.2, -0.15) is 0 Å². The zero-order valence-corrected chi connectivity index (χ0v) is 12.0. The Morgan fingerprint density at radius 3 is 2.32 bits per heavy atom. The van der Waals surface area contributed by atoms with Crippen molar-refractivity contribution in [3.8, 4) is 16.9 Å². The van der Waals surface area contributed by atoms with Crippen molar-refractivity contribution in [2.24, 2.45) is 0 Å². The lowest BCUT2D eigenvalue weighted by Crippen LogP contribution is -2.15. The second-order valence-electron chi connectivity index (χ2n) is 5.79. The molecule has 96 valence electrons. The summed E-state index contributed by atoms with van der Waals surface area (Å²) >= 11 is 0. The molecule has 1 nitrogen and oxygen atoms in total. The van der Waals surface area contributed by atoms with Gasteiger partial charge in [0.05, 0.1) is 7.11 Å². The monoisotopic (exact) mass is 250 g/mol. The highest BCUT2D eigenvalue weighted by Crippen LogP contribution is 2.32. The zero-order chi connectivity index (χ0) is 14.0. The molecule has 2 rings (SSSR count). The molecule has 0 N–H and O–H groups in total. The van der Waals surface area contributed by atoms with E-state index in [1.54, 1.807) is 7.11 Å². The molecule has 0 heterocycles. The first-order valence-electron chi connectivity index (χ1n) is 6.46. The highest BCUT2D eigenvalue weighted by atomic mass is 16.5. The van der Waals surface area contributed by atoms with Gasteiger partial charge in [0.15, 0.2) is 0 Å². The van der Waals surface area contributed by atoms with Crippen molar-refractivity contribution in [3.05, 3.63) is 48.0 Å². The molecule has 2 aromatic carbocycles. The van der Waals surface area contributed by atoms with Gasteiger partial charge in [0, 0.05) is 5.56 Å². The van der Waals surface area contributed by atoms with Crippen LogP contribution in [-0.4, -0.2) is 15.0 Å². The van der Waals surface area contributed by atoms with Crippen LogP contribution in [0.25, 0.3) is 11.1 Å².